The fraction of sp³-hybridized carbons (Fsp3) is 0.107. The third-order valence-corrected chi connectivity index (χ3v) is 6.02. The third-order valence-electron chi connectivity index (χ3n) is 5.18. The highest BCUT2D eigenvalue weighted by molar-refractivity contribution is 9.08. The first-order valence-corrected chi connectivity index (χ1v) is 12.5. The van der Waals surface area contributed by atoms with Crippen molar-refractivity contribution in [3.8, 4) is 0 Å². The number of hydrogen-bond donors (Lipinski definition) is 0. The minimum Gasteiger partial charge on any atom is -0.457 e. The van der Waals surface area contributed by atoms with E-state index in [4.69, 9.17) is 16.3 Å². The fourth-order valence-corrected chi connectivity index (χ4v) is 3.99. The van der Waals surface area contributed by atoms with Crippen molar-refractivity contribution in [2.24, 2.45) is 0 Å². The monoisotopic (exact) mass is 547 g/mol. The van der Waals surface area contributed by atoms with Crippen LogP contribution in [0.15, 0.2) is 103 Å². The number of hydrogen-bond acceptors (Lipinski definition) is 4. The Morgan fingerprint density at radius 1 is 0.857 bits per heavy atom. The van der Waals surface area contributed by atoms with Gasteiger partial charge in [-0.1, -0.05) is 119 Å². The summed E-state index contributed by atoms with van der Waals surface area (Å²) in [6.45, 7) is 0.732. The molecule has 0 N–H and O–H groups in total. The molecule has 5 rings (SSSR count). The van der Waals surface area contributed by atoms with E-state index >= 15 is 0 Å². The maximum Gasteiger partial charge on any atom is 0.339 e. The lowest BCUT2D eigenvalue weighted by molar-refractivity contribution is 0.0475. The molecule has 5 nitrogen and oxygen atoms in total. The van der Waals surface area contributed by atoms with Gasteiger partial charge in [0, 0.05) is 5.33 Å². The second-order valence-electron chi connectivity index (χ2n) is 7.70. The van der Waals surface area contributed by atoms with Gasteiger partial charge < -0.3 is 4.74 Å². The lowest BCUT2D eigenvalue weighted by atomic mass is 10.2. The van der Waals surface area contributed by atoms with E-state index in [0.29, 0.717) is 23.1 Å². The Labute approximate surface area is 217 Å². The molecular weight excluding hydrogens is 526 g/mol. The van der Waals surface area contributed by atoms with Crippen molar-refractivity contribution in [2.75, 3.05) is 0 Å². The van der Waals surface area contributed by atoms with E-state index in [0.717, 1.165) is 16.5 Å². The van der Waals surface area contributed by atoms with Gasteiger partial charge in [0.25, 0.3) is 0 Å². The number of ether oxygens (including phenoxy) is 1. The van der Waals surface area contributed by atoms with E-state index in [2.05, 4.69) is 38.1 Å². The second-order valence-corrected chi connectivity index (χ2v) is 8.65. The summed E-state index contributed by atoms with van der Waals surface area (Å²) in [7, 11) is 0. The van der Waals surface area contributed by atoms with Gasteiger partial charge in [-0.05, 0) is 22.8 Å². The third kappa shape index (κ3) is 6.78. The molecule has 7 heteroatoms. The Bertz CT molecular complexity index is 1380. The van der Waals surface area contributed by atoms with Crippen molar-refractivity contribution >= 4 is 44.5 Å². The zero-order chi connectivity index (χ0) is 24.5. The number of carbonyl (C=O) groups is 1. The van der Waals surface area contributed by atoms with E-state index in [-0.39, 0.29) is 11.8 Å². The lowest BCUT2D eigenvalue weighted by Crippen LogP contribution is -2.07. The van der Waals surface area contributed by atoms with Crippen LogP contribution in [-0.4, -0.2) is 20.7 Å². The van der Waals surface area contributed by atoms with Gasteiger partial charge in [-0.2, -0.15) is 5.10 Å². The minimum atomic E-state index is -0.451. The Morgan fingerprint density at radius 2 is 1.43 bits per heavy atom. The van der Waals surface area contributed by atoms with Crippen molar-refractivity contribution in [3.63, 3.8) is 0 Å². The average Bonchev–Trinajstić information content (AvgIpc) is 3.31. The first-order chi connectivity index (χ1) is 17.1. The second kappa shape index (κ2) is 12.3. The van der Waals surface area contributed by atoms with Crippen LogP contribution in [0.5, 0.6) is 0 Å². The molecule has 0 atom stereocenters. The van der Waals surface area contributed by atoms with E-state index in [9.17, 15) is 4.79 Å². The Balaban J connectivity index is 0.000000308. The summed E-state index contributed by atoms with van der Waals surface area (Å²) in [6, 6.07) is 31.2. The highest BCUT2D eigenvalue weighted by atomic mass is 79.9. The smallest absolute Gasteiger partial charge is 0.339 e. The number of fused-ring (bicyclic) bond motifs is 1. The van der Waals surface area contributed by atoms with Crippen molar-refractivity contribution in [2.45, 2.75) is 18.5 Å². The molecule has 0 bridgehead atoms. The molecular formula is C28H23BrClN3O2. The number of benzene rings is 3. The van der Waals surface area contributed by atoms with Crippen LogP contribution >= 0.6 is 27.5 Å². The van der Waals surface area contributed by atoms with Gasteiger partial charge in [-0.15, -0.1) is 0 Å². The molecule has 0 aliphatic rings. The molecule has 0 amide bonds. The Kier molecular flexibility index (Phi) is 8.65. The first-order valence-electron chi connectivity index (χ1n) is 11.0. The normalized spacial score (nSPS) is 10.5. The molecule has 0 radical (unpaired) electrons. The first kappa shape index (κ1) is 24.6. The number of aromatic nitrogens is 3. The number of halogens is 2. The molecule has 3 aromatic carbocycles. The molecule has 0 spiro atoms. The number of esters is 1. The Hall–Kier alpha value is -3.48. The summed E-state index contributed by atoms with van der Waals surface area (Å²) < 4.78 is 7.17. The maximum absolute atomic E-state index is 12.6. The minimum absolute atomic E-state index is 0.194. The molecule has 0 fully saturated rings. The largest absolute Gasteiger partial charge is 0.457 e. The lowest BCUT2D eigenvalue weighted by Gasteiger charge is -2.07. The van der Waals surface area contributed by atoms with Gasteiger partial charge in [0.05, 0.1) is 23.7 Å². The van der Waals surface area contributed by atoms with Crippen LogP contribution in [0.2, 0.25) is 5.15 Å². The zero-order valence-corrected chi connectivity index (χ0v) is 21.2. The van der Waals surface area contributed by atoms with Crippen LogP contribution in [0.3, 0.4) is 0 Å². The van der Waals surface area contributed by atoms with Crippen molar-refractivity contribution in [3.05, 3.63) is 131 Å². The predicted molar refractivity (Wildman–Crippen MR) is 143 cm³/mol. The summed E-state index contributed by atoms with van der Waals surface area (Å²) in [5.41, 5.74) is 4.24. The number of nitrogens with zero attached hydrogens (tertiary/aromatic N) is 3. The van der Waals surface area contributed by atoms with Gasteiger partial charge in [0.15, 0.2) is 5.65 Å². The summed E-state index contributed by atoms with van der Waals surface area (Å²) >= 11 is 9.51. The molecule has 0 saturated carbocycles. The number of alkyl halides is 1. The van der Waals surface area contributed by atoms with Crippen molar-refractivity contribution in [1.82, 2.24) is 14.8 Å². The zero-order valence-electron chi connectivity index (χ0n) is 18.9. The Morgan fingerprint density at radius 3 is 2.00 bits per heavy atom. The van der Waals surface area contributed by atoms with Gasteiger partial charge >= 0.3 is 5.97 Å². The number of carbonyl (C=O) groups excluding carboxylic acids is 1. The summed E-state index contributed by atoms with van der Waals surface area (Å²) in [5.74, 6) is -0.451. The van der Waals surface area contributed by atoms with Gasteiger partial charge in [-0.25, -0.2) is 14.5 Å². The summed E-state index contributed by atoms with van der Waals surface area (Å²) in [4.78, 5) is 17.0. The SMILES string of the molecule is BrCc1ccccc1.O=C(OCc1ccccc1)c1cc(Cl)nc2c1cnn2Cc1ccccc1. The van der Waals surface area contributed by atoms with Crippen LogP contribution in [-0.2, 0) is 23.2 Å². The standard InChI is InChI=1S/C21H16ClN3O2.C7H7Br/c22-19-11-17(21(26)27-14-16-9-5-2-6-10-16)18-12-23-25(20(18)24-19)13-15-7-3-1-4-8-15;8-6-7-4-2-1-3-5-7/h1-12H,13-14H2;1-5H,6H2. The average molecular weight is 549 g/mol. The molecule has 2 aromatic heterocycles. The summed E-state index contributed by atoms with van der Waals surface area (Å²) in [6.07, 6.45) is 1.63. The van der Waals surface area contributed by atoms with Gasteiger partial charge in [-0.3, -0.25) is 0 Å². The van der Waals surface area contributed by atoms with E-state index in [1.54, 1.807) is 10.9 Å². The maximum atomic E-state index is 12.6. The summed E-state index contributed by atoms with van der Waals surface area (Å²) in [5, 5.41) is 6.18. The quantitative estimate of drug-likeness (QED) is 0.129. The van der Waals surface area contributed by atoms with Gasteiger partial charge in [0.2, 0.25) is 0 Å². The molecule has 2 heterocycles. The predicted octanol–water partition coefficient (Wildman–Crippen LogP) is 7.07. The topological polar surface area (TPSA) is 57.0 Å². The molecule has 0 unspecified atom stereocenters. The van der Waals surface area contributed by atoms with Crippen LogP contribution in [0, 0.1) is 0 Å². The van der Waals surface area contributed by atoms with Gasteiger partial charge in [0.1, 0.15) is 11.8 Å². The fourth-order valence-electron chi connectivity index (χ4n) is 3.43. The molecule has 0 aliphatic heterocycles. The number of rotatable bonds is 6. The van der Waals surface area contributed by atoms with Crippen LogP contribution in [0.25, 0.3) is 11.0 Å². The highest BCUT2D eigenvalue weighted by Gasteiger charge is 2.18. The number of pyridine rings is 1. The van der Waals surface area contributed by atoms with Crippen LogP contribution < -0.4 is 0 Å². The van der Waals surface area contributed by atoms with Crippen LogP contribution in [0.4, 0.5) is 0 Å². The molecule has 176 valence electrons. The molecule has 35 heavy (non-hydrogen) atoms. The van der Waals surface area contributed by atoms with E-state index in [1.807, 2.05) is 78.9 Å². The van der Waals surface area contributed by atoms with Crippen molar-refractivity contribution in [1.29, 1.82) is 0 Å². The molecule has 5 aromatic rings. The molecule has 0 saturated heterocycles. The van der Waals surface area contributed by atoms with Crippen LogP contribution in [0.1, 0.15) is 27.0 Å². The molecule has 0 aliphatic carbocycles. The van der Waals surface area contributed by atoms with E-state index < -0.39 is 5.97 Å². The van der Waals surface area contributed by atoms with E-state index in [1.165, 1.54) is 11.6 Å². The highest BCUT2D eigenvalue weighted by Crippen LogP contribution is 2.23. The van der Waals surface area contributed by atoms with Crippen molar-refractivity contribution < 1.29 is 9.53 Å².